The average molecular weight is 325 g/mol. The third-order valence-electron chi connectivity index (χ3n) is 2.58. The summed E-state index contributed by atoms with van der Waals surface area (Å²) >= 11 is 16.7. The van der Waals surface area contributed by atoms with Crippen molar-refractivity contribution in [2.75, 3.05) is 5.32 Å². The number of hydrogen-bond donors (Lipinski definition) is 2. The fourth-order valence-electron chi connectivity index (χ4n) is 1.62. The molecule has 0 aliphatic heterocycles. The second-order valence-corrected chi connectivity index (χ2v) is 5.31. The van der Waals surface area contributed by atoms with E-state index < -0.39 is 0 Å². The van der Waals surface area contributed by atoms with Crippen LogP contribution in [0, 0.1) is 0 Å². The molecule has 2 aromatic rings. The van der Waals surface area contributed by atoms with Gasteiger partial charge in [0, 0.05) is 16.3 Å². The molecule has 0 aliphatic carbocycles. The van der Waals surface area contributed by atoms with Crippen LogP contribution in [0.4, 0.5) is 5.69 Å². The van der Waals surface area contributed by atoms with Crippen LogP contribution < -0.4 is 11.1 Å². The summed E-state index contributed by atoms with van der Waals surface area (Å²) in [5, 5.41) is 3.50. The predicted molar refractivity (Wildman–Crippen MR) is 86.7 cm³/mol. The minimum atomic E-state index is -0.327. The van der Waals surface area contributed by atoms with Gasteiger partial charge in [-0.2, -0.15) is 0 Å². The summed E-state index contributed by atoms with van der Waals surface area (Å²) in [5.41, 5.74) is 7.16. The van der Waals surface area contributed by atoms with Crippen molar-refractivity contribution < 1.29 is 4.79 Å². The maximum atomic E-state index is 12.1. The Morgan fingerprint density at radius 1 is 1.15 bits per heavy atom. The highest BCUT2D eigenvalue weighted by Crippen LogP contribution is 2.22. The first kappa shape index (κ1) is 14.8. The van der Waals surface area contributed by atoms with Crippen LogP contribution in [0.25, 0.3) is 0 Å². The molecule has 0 unspecified atom stereocenters. The SMILES string of the molecule is NC(=S)c1cccc(NC(=O)c2ccc(Cl)cc2Cl)c1. The normalized spacial score (nSPS) is 10.1. The summed E-state index contributed by atoms with van der Waals surface area (Å²) in [5.74, 6) is -0.327. The fraction of sp³-hybridized carbons (Fsp3) is 0. The van der Waals surface area contributed by atoms with Gasteiger partial charge in [-0.15, -0.1) is 0 Å². The van der Waals surface area contributed by atoms with E-state index in [9.17, 15) is 4.79 Å². The number of hydrogen-bond acceptors (Lipinski definition) is 2. The van der Waals surface area contributed by atoms with Crippen molar-refractivity contribution in [1.82, 2.24) is 0 Å². The summed E-state index contributed by atoms with van der Waals surface area (Å²) in [4.78, 5) is 12.4. The van der Waals surface area contributed by atoms with Crippen molar-refractivity contribution in [1.29, 1.82) is 0 Å². The second-order valence-electron chi connectivity index (χ2n) is 4.02. The molecular formula is C14H10Cl2N2OS. The zero-order valence-electron chi connectivity index (χ0n) is 10.2. The Hall–Kier alpha value is -1.62. The average Bonchev–Trinajstić information content (AvgIpc) is 2.38. The van der Waals surface area contributed by atoms with Crippen molar-refractivity contribution in [3.8, 4) is 0 Å². The van der Waals surface area contributed by atoms with Crippen molar-refractivity contribution in [2.45, 2.75) is 0 Å². The van der Waals surface area contributed by atoms with Gasteiger partial charge in [-0.1, -0.05) is 47.6 Å². The lowest BCUT2D eigenvalue weighted by atomic mass is 10.1. The maximum Gasteiger partial charge on any atom is 0.257 e. The molecule has 0 atom stereocenters. The molecule has 0 bridgehead atoms. The summed E-state index contributed by atoms with van der Waals surface area (Å²) in [7, 11) is 0. The molecule has 3 nitrogen and oxygen atoms in total. The van der Waals surface area contributed by atoms with Gasteiger partial charge >= 0.3 is 0 Å². The lowest BCUT2D eigenvalue weighted by Gasteiger charge is -2.08. The molecule has 2 rings (SSSR count). The highest BCUT2D eigenvalue weighted by atomic mass is 35.5. The van der Waals surface area contributed by atoms with Gasteiger partial charge in [0.15, 0.2) is 0 Å². The largest absolute Gasteiger partial charge is 0.389 e. The van der Waals surface area contributed by atoms with Crippen LogP contribution in [-0.2, 0) is 0 Å². The van der Waals surface area contributed by atoms with Crippen molar-refractivity contribution in [3.05, 3.63) is 63.6 Å². The molecule has 0 heterocycles. The van der Waals surface area contributed by atoms with Crippen LogP contribution in [0.5, 0.6) is 0 Å². The van der Waals surface area contributed by atoms with Crippen molar-refractivity contribution in [3.63, 3.8) is 0 Å². The van der Waals surface area contributed by atoms with Gasteiger partial charge in [-0.3, -0.25) is 4.79 Å². The molecule has 0 saturated carbocycles. The Balaban J connectivity index is 2.23. The molecule has 102 valence electrons. The number of benzene rings is 2. The van der Waals surface area contributed by atoms with E-state index in [0.717, 1.165) is 0 Å². The molecule has 0 fully saturated rings. The molecule has 0 aromatic heterocycles. The monoisotopic (exact) mass is 324 g/mol. The van der Waals surface area contributed by atoms with E-state index in [0.29, 0.717) is 26.9 Å². The zero-order chi connectivity index (χ0) is 14.7. The fourth-order valence-corrected chi connectivity index (χ4v) is 2.24. The van der Waals surface area contributed by atoms with E-state index >= 15 is 0 Å². The topological polar surface area (TPSA) is 55.1 Å². The Morgan fingerprint density at radius 3 is 2.55 bits per heavy atom. The van der Waals surface area contributed by atoms with Gasteiger partial charge in [-0.05, 0) is 30.3 Å². The summed E-state index contributed by atoms with van der Waals surface area (Å²) in [6, 6.07) is 11.7. The molecule has 6 heteroatoms. The number of rotatable bonds is 3. The quantitative estimate of drug-likeness (QED) is 0.842. The molecule has 0 radical (unpaired) electrons. The van der Waals surface area contributed by atoms with Crippen molar-refractivity contribution >= 4 is 52.0 Å². The van der Waals surface area contributed by atoms with Gasteiger partial charge in [0.25, 0.3) is 5.91 Å². The maximum absolute atomic E-state index is 12.1. The molecule has 0 aliphatic rings. The van der Waals surface area contributed by atoms with Gasteiger partial charge in [0.2, 0.25) is 0 Å². The molecule has 2 aromatic carbocycles. The predicted octanol–water partition coefficient (Wildman–Crippen LogP) is 3.88. The third kappa shape index (κ3) is 3.48. The Bertz CT molecular complexity index is 689. The number of thiocarbonyl (C=S) groups is 1. The van der Waals surface area contributed by atoms with Crippen LogP contribution in [0.3, 0.4) is 0 Å². The minimum absolute atomic E-state index is 0.269. The summed E-state index contributed by atoms with van der Waals surface area (Å²) in [6.07, 6.45) is 0. The first-order valence-corrected chi connectivity index (χ1v) is 6.80. The lowest BCUT2D eigenvalue weighted by molar-refractivity contribution is 0.102. The van der Waals surface area contributed by atoms with E-state index in [4.69, 9.17) is 41.2 Å². The first-order valence-electron chi connectivity index (χ1n) is 5.63. The molecule has 3 N–H and O–H groups in total. The molecule has 1 amide bonds. The zero-order valence-corrected chi connectivity index (χ0v) is 12.5. The molecular weight excluding hydrogens is 315 g/mol. The van der Waals surface area contributed by atoms with Gasteiger partial charge in [-0.25, -0.2) is 0 Å². The summed E-state index contributed by atoms with van der Waals surface area (Å²) in [6.45, 7) is 0. The van der Waals surface area contributed by atoms with E-state index in [-0.39, 0.29) is 10.9 Å². The minimum Gasteiger partial charge on any atom is -0.389 e. The van der Waals surface area contributed by atoms with E-state index in [1.54, 1.807) is 36.4 Å². The number of carbonyl (C=O) groups is 1. The highest BCUT2D eigenvalue weighted by molar-refractivity contribution is 7.80. The third-order valence-corrected chi connectivity index (χ3v) is 3.36. The molecule has 20 heavy (non-hydrogen) atoms. The number of amides is 1. The smallest absolute Gasteiger partial charge is 0.257 e. The first-order chi connectivity index (χ1) is 9.47. The van der Waals surface area contributed by atoms with Crippen molar-refractivity contribution in [2.24, 2.45) is 5.73 Å². The van der Waals surface area contributed by atoms with E-state index in [1.807, 2.05) is 0 Å². The standard InChI is InChI=1S/C14H10Cl2N2OS/c15-9-4-5-11(12(16)7-9)14(19)18-10-3-1-2-8(6-10)13(17)20/h1-7H,(H2,17,20)(H,18,19). The number of nitrogens with two attached hydrogens (primary N) is 1. The van der Waals surface area contributed by atoms with Gasteiger partial charge in [0.05, 0.1) is 10.6 Å². The van der Waals surface area contributed by atoms with Gasteiger partial charge < -0.3 is 11.1 Å². The van der Waals surface area contributed by atoms with E-state index in [1.165, 1.54) is 6.07 Å². The van der Waals surface area contributed by atoms with Crippen LogP contribution in [0.15, 0.2) is 42.5 Å². The van der Waals surface area contributed by atoms with Crippen LogP contribution >= 0.6 is 35.4 Å². The number of nitrogens with one attached hydrogen (secondary N) is 1. The summed E-state index contributed by atoms with van der Waals surface area (Å²) < 4.78 is 0. The Morgan fingerprint density at radius 2 is 1.90 bits per heavy atom. The number of anilines is 1. The number of carbonyl (C=O) groups excluding carboxylic acids is 1. The van der Waals surface area contributed by atoms with Crippen LogP contribution in [-0.4, -0.2) is 10.9 Å². The Labute approximate surface area is 131 Å². The molecule has 0 saturated heterocycles. The second kappa shape index (κ2) is 6.22. The Kier molecular flexibility index (Phi) is 4.60. The lowest BCUT2D eigenvalue weighted by Crippen LogP contribution is -2.14. The van der Waals surface area contributed by atoms with Crippen LogP contribution in [0.1, 0.15) is 15.9 Å². The van der Waals surface area contributed by atoms with Gasteiger partial charge in [0.1, 0.15) is 4.99 Å². The van der Waals surface area contributed by atoms with Crippen LogP contribution in [0.2, 0.25) is 10.0 Å². The molecule has 0 spiro atoms. The van der Waals surface area contributed by atoms with E-state index in [2.05, 4.69) is 5.32 Å². The highest BCUT2D eigenvalue weighted by Gasteiger charge is 2.11. The number of halogens is 2.